The predicted molar refractivity (Wildman–Crippen MR) is 91.5 cm³/mol. The molecule has 0 amide bonds. The van der Waals surface area contributed by atoms with E-state index in [1.807, 2.05) is 0 Å². The lowest BCUT2D eigenvalue weighted by atomic mass is 10.3. The SMILES string of the molecule is O=[N+]([O-])c1ccc(OCc2nnc(Nc3ccc(Cl)c(Cl)c3)o2)cc1. The number of ether oxygens (including phenoxy) is 1. The van der Waals surface area contributed by atoms with Crippen molar-refractivity contribution >= 4 is 40.6 Å². The van der Waals surface area contributed by atoms with Crippen molar-refractivity contribution in [3.05, 3.63) is 68.5 Å². The van der Waals surface area contributed by atoms with E-state index in [2.05, 4.69) is 15.5 Å². The van der Waals surface area contributed by atoms with E-state index in [0.717, 1.165) is 0 Å². The van der Waals surface area contributed by atoms with Gasteiger partial charge < -0.3 is 14.5 Å². The maximum Gasteiger partial charge on any atom is 0.320 e. The van der Waals surface area contributed by atoms with Crippen molar-refractivity contribution in [2.75, 3.05) is 5.32 Å². The number of nitro groups is 1. The van der Waals surface area contributed by atoms with Crippen molar-refractivity contribution in [1.82, 2.24) is 10.2 Å². The number of nitro benzene ring substituents is 1. The molecule has 0 fully saturated rings. The van der Waals surface area contributed by atoms with Gasteiger partial charge in [0.25, 0.3) is 11.6 Å². The summed E-state index contributed by atoms with van der Waals surface area (Å²) in [6, 6.07) is 10.8. The Bertz CT molecular complexity index is 899. The van der Waals surface area contributed by atoms with E-state index in [-0.39, 0.29) is 24.2 Å². The van der Waals surface area contributed by atoms with Crippen LogP contribution in [0.1, 0.15) is 5.89 Å². The fourth-order valence-corrected chi connectivity index (χ4v) is 2.17. The second kappa shape index (κ2) is 7.37. The molecule has 0 spiro atoms. The van der Waals surface area contributed by atoms with Crippen LogP contribution < -0.4 is 10.1 Å². The van der Waals surface area contributed by atoms with Crippen molar-refractivity contribution in [3.8, 4) is 5.75 Å². The zero-order valence-electron chi connectivity index (χ0n) is 12.5. The van der Waals surface area contributed by atoms with E-state index >= 15 is 0 Å². The molecule has 25 heavy (non-hydrogen) atoms. The van der Waals surface area contributed by atoms with Crippen LogP contribution in [0.5, 0.6) is 5.75 Å². The van der Waals surface area contributed by atoms with Crippen LogP contribution in [0.2, 0.25) is 10.0 Å². The Hall–Kier alpha value is -2.84. The lowest BCUT2D eigenvalue weighted by molar-refractivity contribution is -0.384. The molecule has 1 heterocycles. The van der Waals surface area contributed by atoms with Crippen LogP contribution in [0.4, 0.5) is 17.4 Å². The molecule has 128 valence electrons. The van der Waals surface area contributed by atoms with E-state index in [0.29, 0.717) is 21.5 Å². The maximum absolute atomic E-state index is 10.6. The van der Waals surface area contributed by atoms with Gasteiger partial charge >= 0.3 is 6.01 Å². The molecule has 0 aliphatic rings. The van der Waals surface area contributed by atoms with Gasteiger partial charge in [0, 0.05) is 17.8 Å². The zero-order valence-corrected chi connectivity index (χ0v) is 14.0. The summed E-state index contributed by atoms with van der Waals surface area (Å²) in [5.41, 5.74) is 0.624. The molecule has 0 saturated carbocycles. The molecule has 1 aromatic heterocycles. The topological polar surface area (TPSA) is 103 Å². The summed E-state index contributed by atoms with van der Waals surface area (Å²) >= 11 is 11.8. The smallest absolute Gasteiger partial charge is 0.320 e. The average Bonchev–Trinajstić information content (AvgIpc) is 3.04. The summed E-state index contributed by atoms with van der Waals surface area (Å²) in [6.45, 7) is 0.0217. The number of aromatic nitrogens is 2. The quantitative estimate of drug-likeness (QED) is 0.491. The summed E-state index contributed by atoms with van der Waals surface area (Å²) in [5.74, 6) is 0.684. The van der Waals surface area contributed by atoms with Crippen molar-refractivity contribution in [2.24, 2.45) is 0 Å². The lowest BCUT2D eigenvalue weighted by Gasteiger charge is -2.03. The first-order valence-corrected chi connectivity index (χ1v) is 7.68. The van der Waals surface area contributed by atoms with Crippen LogP contribution in [-0.2, 0) is 6.61 Å². The molecule has 0 saturated heterocycles. The van der Waals surface area contributed by atoms with Crippen molar-refractivity contribution in [1.29, 1.82) is 0 Å². The highest BCUT2D eigenvalue weighted by molar-refractivity contribution is 6.42. The monoisotopic (exact) mass is 380 g/mol. The summed E-state index contributed by atoms with van der Waals surface area (Å²) in [6.07, 6.45) is 0. The number of hydrogen-bond donors (Lipinski definition) is 1. The van der Waals surface area contributed by atoms with Gasteiger partial charge in [-0.2, -0.15) is 0 Å². The summed E-state index contributed by atoms with van der Waals surface area (Å²) in [4.78, 5) is 10.1. The molecule has 3 aromatic rings. The Morgan fingerprint density at radius 2 is 1.88 bits per heavy atom. The average molecular weight is 381 g/mol. The number of rotatable bonds is 6. The lowest BCUT2D eigenvalue weighted by Crippen LogP contribution is -1.96. The van der Waals surface area contributed by atoms with Crippen molar-refractivity contribution < 1.29 is 14.1 Å². The Kier molecular flexibility index (Phi) is 5.01. The van der Waals surface area contributed by atoms with Gasteiger partial charge in [0.2, 0.25) is 0 Å². The van der Waals surface area contributed by atoms with Crippen LogP contribution in [0.25, 0.3) is 0 Å². The molecule has 0 aliphatic carbocycles. The summed E-state index contributed by atoms with van der Waals surface area (Å²) in [7, 11) is 0. The van der Waals surface area contributed by atoms with Crippen LogP contribution in [0.15, 0.2) is 46.9 Å². The van der Waals surface area contributed by atoms with Gasteiger partial charge in [0.15, 0.2) is 6.61 Å². The first-order valence-electron chi connectivity index (χ1n) is 6.93. The van der Waals surface area contributed by atoms with Crippen LogP contribution in [-0.4, -0.2) is 15.1 Å². The van der Waals surface area contributed by atoms with Gasteiger partial charge in [-0.25, -0.2) is 0 Å². The third-order valence-electron chi connectivity index (χ3n) is 3.05. The van der Waals surface area contributed by atoms with E-state index in [1.165, 1.54) is 24.3 Å². The van der Waals surface area contributed by atoms with Gasteiger partial charge in [0.05, 0.1) is 15.0 Å². The molecule has 8 nitrogen and oxygen atoms in total. The maximum atomic E-state index is 10.6. The molecule has 2 aromatic carbocycles. The fourth-order valence-electron chi connectivity index (χ4n) is 1.87. The molecule has 0 unspecified atom stereocenters. The summed E-state index contributed by atoms with van der Waals surface area (Å²) in [5, 5.41) is 22.0. The minimum atomic E-state index is -0.483. The molecule has 3 rings (SSSR count). The molecule has 10 heteroatoms. The number of nitrogens with one attached hydrogen (secondary N) is 1. The third kappa shape index (κ3) is 4.37. The molecular formula is C15H10Cl2N4O4. The second-order valence-corrected chi connectivity index (χ2v) is 5.61. The number of halogens is 2. The Morgan fingerprint density at radius 3 is 2.56 bits per heavy atom. The first-order chi connectivity index (χ1) is 12.0. The van der Waals surface area contributed by atoms with E-state index in [4.69, 9.17) is 32.4 Å². The van der Waals surface area contributed by atoms with E-state index in [1.54, 1.807) is 18.2 Å². The summed E-state index contributed by atoms with van der Waals surface area (Å²) < 4.78 is 10.8. The van der Waals surface area contributed by atoms with Gasteiger partial charge in [0.1, 0.15) is 5.75 Å². The first kappa shape index (κ1) is 17.0. The van der Waals surface area contributed by atoms with Gasteiger partial charge in [-0.15, -0.1) is 5.10 Å². The van der Waals surface area contributed by atoms with E-state index < -0.39 is 4.92 Å². The fraction of sp³-hybridized carbons (Fsp3) is 0.0667. The van der Waals surface area contributed by atoms with Gasteiger partial charge in [-0.3, -0.25) is 10.1 Å². The van der Waals surface area contributed by atoms with Crippen LogP contribution >= 0.6 is 23.2 Å². The standard InChI is InChI=1S/C15H10Cl2N4O4/c16-12-6-1-9(7-13(12)17)18-15-20-19-14(25-15)8-24-11-4-2-10(3-5-11)21(22)23/h1-7H,8H2,(H,18,20). The highest BCUT2D eigenvalue weighted by Crippen LogP contribution is 2.26. The largest absolute Gasteiger partial charge is 0.484 e. The van der Waals surface area contributed by atoms with Crippen molar-refractivity contribution in [3.63, 3.8) is 0 Å². The Labute approximate surface area is 151 Å². The molecule has 0 aliphatic heterocycles. The number of hydrogen-bond acceptors (Lipinski definition) is 7. The number of nitrogens with zero attached hydrogens (tertiary/aromatic N) is 3. The molecule has 0 radical (unpaired) electrons. The van der Waals surface area contributed by atoms with Crippen molar-refractivity contribution in [2.45, 2.75) is 6.61 Å². The zero-order chi connectivity index (χ0) is 17.8. The molecular weight excluding hydrogens is 371 g/mol. The normalized spacial score (nSPS) is 10.5. The minimum absolute atomic E-state index is 0.0155. The minimum Gasteiger partial charge on any atom is -0.484 e. The second-order valence-electron chi connectivity index (χ2n) is 4.79. The number of anilines is 2. The van der Waals surface area contributed by atoms with Crippen LogP contribution in [0.3, 0.4) is 0 Å². The highest BCUT2D eigenvalue weighted by atomic mass is 35.5. The highest BCUT2D eigenvalue weighted by Gasteiger charge is 2.09. The molecule has 0 bridgehead atoms. The Balaban J connectivity index is 1.59. The van der Waals surface area contributed by atoms with Gasteiger partial charge in [-0.1, -0.05) is 28.3 Å². The van der Waals surface area contributed by atoms with E-state index in [9.17, 15) is 10.1 Å². The number of benzene rings is 2. The van der Waals surface area contributed by atoms with Gasteiger partial charge in [-0.05, 0) is 30.3 Å². The number of non-ortho nitro benzene ring substituents is 1. The Morgan fingerprint density at radius 1 is 1.12 bits per heavy atom. The van der Waals surface area contributed by atoms with Crippen LogP contribution in [0, 0.1) is 10.1 Å². The predicted octanol–water partition coefficient (Wildman–Crippen LogP) is 4.61. The molecule has 0 atom stereocenters. The third-order valence-corrected chi connectivity index (χ3v) is 3.79. The molecule has 1 N–H and O–H groups in total.